The molecular formula is C13H20F2N2O2S. The smallest absolute Gasteiger partial charge is 0.245 e. The van der Waals surface area contributed by atoms with Crippen LogP contribution in [0.2, 0.25) is 0 Å². The SMILES string of the molecule is CNCc1c(F)ccc(S(=O)(=O)N(C)CC(C)C)c1F. The zero-order chi connectivity index (χ0) is 15.5. The lowest BCUT2D eigenvalue weighted by molar-refractivity contribution is 0.412. The molecule has 0 heterocycles. The second-order valence-electron chi connectivity index (χ2n) is 5.05. The van der Waals surface area contributed by atoms with Crippen LogP contribution in [0.1, 0.15) is 19.4 Å². The molecule has 1 aromatic rings. The Kier molecular flexibility index (Phi) is 5.61. The normalized spacial score (nSPS) is 12.4. The maximum atomic E-state index is 14.2. The molecular weight excluding hydrogens is 286 g/mol. The monoisotopic (exact) mass is 306 g/mol. The molecule has 114 valence electrons. The molecule has 0 aromatic heterocycles. The van der Waals surface area contributed by atoms with E-state index < -0.39 is 26.6 Å². The van der Waals surface area contributed by atoms with Gasteiger partial charge in [0.25, 0.3) is 0 Å². The summed E-state index contributed by atoms with van der Waals surface area (Å²) < 4.78 is 53.4. The molecule has 0 aliphatic rings. The molecule has 1 rings (SSSR count). The molecule has 0 saturated carbocycles. The minimum Gasteiger partial charge on any atom is -0.315 e. The van der Waals surface area contributed by atoms with Crippen LogP contribution in [0.15, 0.2) is 17.0 Å². The number of halogens is 2. The van der Waals surface area contributed by atoms with Gasteiger partial charge in [-0.2, -0.15) is 0 Å². The van der Waals surface area contributed by atoms with E-state index in [1.807, 2.05) is 13.8 Å². The Balaban J connectivity index is 3.29. The van der Waals surface area contributed by atoms with Gasteiger partial charge in [0.2, 0.25) is 10.0 Å². The Morgan fingerprint density at radius 2 is 1.90 bits per heavy atom. The molecule has 0 aliphatic heterocycles. The molecule has 0 aliphatic carbocycles. The zero-order valence-corrected chi connectivity index (χ0v) is 12.9. The molecule has 0 unspecified atom stereocenters. The number of nitrogens with one attached hydrogen (secondary N) is 1. The second kappa shape index (κ2) is 6.60. The highest BCUT2D eigenvalue weighted by Gasteiger charge is 2.27. The Morgan fingerprint density at radius 3 is 2.40 bits per heavy atom. The fraction of sp³-hybridized carbons (Fsp3) is 0.538. The number of hydrogen-bond acceptors (Lipinski definition) is 3. The summed E-state index contributed by atoms with van der Waals surface area (Å²) in [5, 5.41) is 2.62. The van der Waals surface area contributed by atoms with Gasteiger partial charge in [0.15, 0.2) is 5.82 Å². The van der Waals surface area contributed by atoms with Gasteiger partial charge in [-0.1, -0.05) is 13.8 Å². The molecule has 0 fully saturated rings. The maximum Gasteiger partial charge on any atom is 0.245 e. The fourth-order valence-electron chi connectivity index (χ4n) is 1.89. The average Bonchev–Trinajstić information content (AvgIpc) is 2.33. The van der Waals surface area contributed by atoms with Crippen LogP contribution < -0.4 is 5.32 Å². The van der Waals surface area contributed by atoms with Crippen molar-refractivity contribution in [1.82, 2.24) is 9.62 Å². The molecule has 7 heteroatoms. The quantitative estimate of drug-likeness (QED) is 0.874. The molecule has 0 spiro atoms. The van der Waals surface area contributed by atoms with E-state index in [1.54, 1.807) is 0 Å². The van der Waals surface area contributed by atoms with E-state index in [4.69, 9.17) is 0 Å². The summed E-state index contributed by atoms with van der Waals surface area (Å²) >= 11 is 0. The summed E-state index contributed by atoms with van der Waals surface area (Å²) in [5.41, 5.74) is -0.272. The first-order valence-corrected chi connectivity index (χ1v) is 7.73. The van der Waals surface area contributed by atoms with E-state index in [1.165, 1.54) is 14.1 Å². The number of sulfonamides is 1. The van der Waals surface area contributed by atoms with Crippen molar-refractivity contribution in [3.63, 3.8) is 0 Å². The van der Waals surface area contributed by atoms with E-state index in [0.717, 1.165) is 16.4 Å². The van der Waals surface area contributed by atoms with Crippen LogP contribution in [0.5, 0.6) is 0 Å². The Morgan fingerprint density at radius 1 is 1.30 bits per heavy atom. The van der Waals surface area contributed by atoms with Crippen molar-refractivity contribution < 1.29 is 17.2 Å². The lowest BCUT2D eigenvalue weighted by atomic mass is 10.2. The van der Waals surface area contributed by atoms with E-state index in [2.05, 4.69) is 5.32 Å². The molecule has 0 radical (unpaired) electrons. The van der Waals surface area contributed by atoms with E-state index in [-0.39, 0.29) is 24.6 Å². The topological polar surface area (TPSA) is 49.4 Å². The molecule has 0 saturated heterocycles. The van der Waals surface area contributed by atoms with Crippen LogP contribution >= 0.6 is 0 Å². The van der Waals surface area contributed by atoms with Crippen molar-refractivity contribution in [3.05, 3.63) is 29.3 Å². The summed E-state index contributed by atoms with van der Waals surface area (Å²) in [6.07, 6.45) is 0. The van der Waals surface area contributed by atoms with E-state index in [9.17, 15) is 17.2 Å². The lowest BCUT2D eigenvalue weighted by Crippen LogP contribution is -2.31. The molecule has 20 heavy (non-hydrogen) atoms. The largest absolute Gasteiger partial charge is 0.315 e. The summed E-state index contributed by atoms with van der Waals surface area (Å²) in [7, 11) is -1.04. The molecule has 0 amide bonds. The van der Waals surface area contributed by atoms with Crippen molar-refractivity contribution in [2.75, 3.05) is 20.6 Å². The highest BCUT2D eigenvalue weighted by Crippen LogP contribution is 2.23. The Bertz CT molecular complexity index is 574. The van der Waals surface area contributed by atoms with Gasteiger partial charge < -0.3 is 5.32 Å². The number of rotatable bonds is 6. The van der Waals surface area contributed by atoms with Crippen molar-refractivity contribution in [3.8, 4) is 0 Å². The van der Waals surface area contributed by atoms with Crippen molar-refractivity contribution in [2.24, 2.45) is 5.92 Å². The minimum absolute atomic E-state index is 0.0745. The molecule has 0 atom stereocenters. The van der Waals surface area contributed by atoms with Gasteiger partial charge in [0.1, 0.15) is 10.7 Å². The summed E-state index contributed by atoms with van der Waals surface area (Å²) in [6, 6.07) is 1.95. The lowest BCUT2D eigenvalue weighted by Gasteiger charge is -2.20. The van der Waals surface area contributed by atoms with Crippen LogP contribution in [0.3, 0.4) is 0 Å². The summed E-state index contributed by atoms with van der Waals surface area (Å²) in [4.78, 5) is -0.493. The Hall–Kier alpha value is -1.05. The molecule has 4 nitrogen and oxygen atoms in total. The maximum absolute atomic E-state index is 14.2. The zero-order valence-electron chi connectivity index (χ0n) is 12.1. The van der Waals surface area contributed by atoms with Crippen molar-refractivity contribution in [2.45, 2.75) is 25.3 Å². The van der Waals surface area contributed by atoms with Gasteiger partial charge in [-0.25, -0.2) is 21.5 Å². The van der Waals surface area contributed by atoms with Gasteiger partial charge in [0.05, 0.1) is 0 Å². The van der Waals surface area contributed by atoms with Gasteiger partial charge in [-0.3, -0.25) is 0 Å². The van der Waals surface area contributed by atoms with Crippen molar-refractivity contribution in [1.29, 1.82) is 0 Å². The third-order valence-electron chi connectivity index (χ3n) is 2.81. The third-order valence-corrected chi connectivity index (χ3v) is 4.66. The summed E-state index contributed by atoms with van der Waals surface area (Å²) in [6.45, 7) is 3.91. The first-order valence-electron chi connectivity index (χ1n) is 6.29. The first-order chi connectivity index (χ1) is 9.21. The van der Waals surface area contributed by atoms with E-state index >= 15 is 0 Å². The predicted molar refractivity (Wildman–Crippen MR) is 73.8 cm³/mol. The predicted octanol–water partition coefficient (Wildman–Crippen LogP) is 1.96. The van der Waals surface area contributed by atoms with Crippen LogP contribution in [0.4, 0.5) is 8.78 Å². The number of benzene rings is 1. The second-order valence-corrected chi connectivity index (χ2v) is 7.06. The highest BCUT2D eigenvalue weighted by molar-refractivity contribution is 7.89. The van der Waals surface area contributed by atoms with Crippen LogP contribution in [-0.4, -0.2) is 33.4 Å². The van der Waals surface area contributed by atoms with Gasteiger partial charge in [-0.05, 0) is 25.1 Å². The standard InChI is InChI=1S/C13H20F2N2O2S/c1-9(2)8-17(4)20(18,19)12-6-5-11(14)10(7-16-3)13(12)15/h5-6,9,16H,7-8H2,1-4H3. The number of nitrogens with zero attached hydrogens (tertiary/aromatic N) is 1. The van der Waals surface area contributed by atoms with Crippen LogP contribution in [0, 0.1) is 17.6 Å². The third kappa shape index (κ3) is 3.53. The van der Waals surface area contributed by atoms with E-state index in [0.29, 0.717) is 0 Å². The molecule has 1 N–H and O–H groups in total. The molecule has 0 bridgehead atoms. The van der Waals surface area contributed by atoms with Gasteiger partial charge in [-0.15, -0.1) is 0 Å². The number of hydrogen-bond donors (Lipinski definition) is 1. The van der Waals surface area contributed by atoms with Gasteiger partial charge in [0, 0.05) is 25.7 Å². The minimum atomic E-state index is -3.96. The molecule has 1 aromatic carbocycles. The van der Waals surface area contributed by atoms with Crippen molar-refractivity contribution >= 4 is 10.0 Å². The van der Waals surface area contributed by atoms with Gasteiger partial charge >= 0.3 is 0 Å². The average molecular weight is 306 g/mol. The Labute approximate surface area is 118 Å². The van der Waals surface area contributed by atoms with Crippen LogP contribution in [0.25, 0.3) is 0 Å². The fourth-order valence-corrected chi connectivity index (χ4v) is 3.31. The van der Waals surface area contributed by atoms with Crippen LogP contribution in [-0.2, 0) is 16.6 Å². The highest BCUT2D eigenvalue weighted by atomic mass is 32.2. The first kappa shape index (κ1) is 17.0. The summed E-state index contributed by atoms with van der Waals surface area (Å²) in [5.74, 6) is -1.69.